The second-order valence-corrected chi connectivity index (χ2v) is 8.88. The molecule has 0 atom stereocenters. The molecule has 5 nitrogen and oxygen atoms in total. The molecule has 1 N–H and O–H groups in total. The predicted octanol–water partition coefficient (Wildman–Crippen LogP) is 4.41. The maximum absolute atomic E-state index is 12.6. The van der Waals surface area contributed by atoms with Crippen LogP contribution in [0.15, 0.2) is 47.4 Å². The molecule has 0 heterocycles. The quantitative estimate of drug-likeness (QED) is 0.624. The van der Waals surface area contributed by atoms with Gasteiger partial charge in [0.15, 0.2) is 0 Å². The van der Waals surface area contributed by atoms with Gasteiger partial charge in [-0.1, -0.05) is 58.0 Å². The lowest BCUT2D eigenvalue weighted by atomic mass is 10.0. The van der Waals surface area contributed by atoms with E-state index in [2.05, 4.69) is 19.2 Å². The van der Waals surface area contributed by atoms with Crippen molar-refractivity contribution in [3.63, 3.8) is 0 Å². The van der Waals surface area contributed by atoms with Gasteiger partial charge in [0.2, 0.25) is 15.9 Å². The molecule has 0 unspecified atom stereocenters. The number of hydrogen-bond donors (Lipinski definition) is 1. The standard InChI is InChI=1S/C23H32N2O3S/c1-5-19-10-9-11-20(6-2)23(19)24-22(26)17-14-18-12-15-21(16-13-18)29(27,28)25(7-3)8-4/h9-13,15-16H,5-8,14,17H2,1-4H3,(H,24,26). The average molecular weight is 417 g/mol. The number of nitrogens with zero attached hydrogens (tertiary/aromatic N) is 1. The topological polar surface area (TPSA) is 66.5 Å². The number of sulfonamides is 1. The Bertz CT molecular complexity index is 895. The third-order valence-electron chi connectivity index (χ3n) is 5.17. The van der Waals surface area contributed by atoms with E-state index in [1.807, 2.05) is 32.0 Å². The lowest BCUT2D eigenvalue weighted by Gasteiger charge is -2.18. The van der Waals surface area contributed by atoms with Crippen molar-refractivity contribution in [1.29, 1.82) is 0 Å². The molecule has 2 aromatic rings. The minimum Gasteiger partial charge on any atom is -0.326 e. The Balaban J connectivity index is 2.03. The van der Waals surface area contributed by atoms with Gasteiger partial charge in [-0.15, -0.1) is 0 Å². The Kier molecular flexibility index (Phi) is 8.41. The molecule has 0 aliphatic heterocycles. The van der Waals surface area contributed by atoms with Crippen LogP contribution in [0.5, 0.6) is 0 Å². The Morgan fingerprint density at radius 3 is 1.93 bits per heavy atom. The molecule has 2 aromatic carbocycles. The lowest BCUT2D eigenvalue weighted by Crippen LogP contribution is -2.30. The first-order chi connectivity index (χ1) is 13.9. The summed E-state index contributed by atoms with van der Waals surface area (Å²) in [4.78, 5) is 12.8. The van der Waals surface area contributed by atoms with Crippen LogP contribution in [0.25, 0.3) is 0 Å². The van der Waals surface area contributed by atoms with Crippen molar-refractivity contribution in [2.24, 2.45) is 0 Å². The fourth-order valence-electron chi connectivity index (χ4n) is 3.40. The number of para-hydroxylation sites is 1. The number of aryl methyl sites for hydroxylation is 3. The van der Waals surface area contributed by atoms with Crippen molar-refractivity contribution in [1.82, 2.24) is 4.31 Å². The van der Waals surface area contributed by atoms with Crippen molar-refractivity contribution in [2.75, 3.05) is 18.4 Å². The van der Waals surface area contributed by atoms with Gasteiger partial charge in [0, 0.05) is 25.2 Å². The zero-order valence-electron chi connectivity index (χ0n) is 17.9. The highest BCUT2D eigenvalue weighted by atomic mass is 32.2. The summed E-state index contributed by atoms with van der Waals surface area (Å²) in [7, 11) is -3.45. The molecule has 0 radical (unpaired) electrons. The average Bonchev–Trinajstić information content (AvgIpc) is 2.73. The van der Waals surface area contributed by atoms with Gasteiger partial charge in [-0.3, -0.25) is 4.79 Å². The highest BCUT2D eigenvalue weighted by Gasteiger charge is 2.21. The molecule has 0 saturated heterocycles. The fraction of sp³-hybridized carbons (Fsp3) is 0.435. The van der Waals surface area contributed by atoms with Crippen molar-refractivity contribution in [2.45, 2.75) is 58.3 Å². The first kappa shape index (κ1) is 23.1. The van der Waals surface area contributed by atoms with Crippen molar-refractivity contribution >= 4 is 21.6 Å². The maximum Gasteiger partial charge on any atom is 0.243 e. The normalized spacial score (nSPS) is 11.6. The van der Waals surface area contributed by atoms with Gasteiger partial charge in [0.05, 0.1) is 4.90 Å². The maximum atomic E-state index is 12.6. The second-order valence-electron chi connectivity index (χ2n) is 6.94. The van der Waals surface area contributed by atoms with E-state index in [0.29, 0.717) is 30.8 Å². The molecule has 6 heteroatoms. The van der Waals surface area contributed by atoms with Crippen LogP contribution in [0.1, 0.15) is 50.8 Å². The van der Waals surface area contributed by atoms with E-state index < -0.39 is 10.0 Å². The van der Waals surface area contributed by atoms with Crippen LogP contribution < -0.4 is 5.32 Å². The van der Waals surface area contributed by atoms with E-state index in [1.165, 1.54) is 4.31 Å². The molecule has 0 bridgehead atoms. The van der Waals surface area contributed by atoms with Crippen molar-refractivity contribution < 1.29 is 13.2 Å². The van der Waals surface area contributed by atoms with Crippen LogP contribution in [0, 0.1) is 0 Å². The molecule has 0 aliphatic rings. The van der Waals surface area contributed by atoms with E-state index in [1.54, 1.807) is 24.3 Å². The summed E-state index contributed by atoms with van der Waals surface area (Å²) in [5.41, 5.74) is 4.16. The molecule has 0 spiro atoms. The Labute approximate surface area is 175 Å². The summed E-state index contributed by atoms with van der Waals surface area (Å²) in [6, 6.07) is 13.0. The molecule has 29 heavy (non-hydrogen) atoms. The van der Waals surface area contributed by atoms with Crippen LogP contribution in [-0.2, 0) is 34.1 Å². The third-order valence-corrected chi connectivity index (χ3v) is 7.23. The summed E-state index contributed by atoms with van der Waals surface area (Å²) >= 11 is 0. The molecule has 0 aromatic heterocycles. The van der Waals surface area contributed by atoms with Gasteiger partial charge in [-0.05, 0) is 48.1 Å². The zero-order valence-corrected chi connectivity index (χ0v) is 18.7. The monoisotopic (exact) mass is 416 g/mol. The SMILES string of the molecule is CCc1cccc(CC)c1NC(=O)CCc1ccc(S(=O)(=O)N(CC)CC)cc1. The summed E-state index contributed by atoms with van der Waals surface area (Å²) < 4.78 is 26.6. The Morgan fingerprint density at radius 1 is 0.897 bits per heavy atom. The molecule has 0 aliphatic carbocycles. The van der Waals surface area contributed by atoms with E-state index in [-0.39, 0.29) is 5.91 Å². The molecular formula is C23H32N2O3S. The van der Waals surface area contributed by atoms with Gasteiger partial charge >= 0.3 is 0 Å². The highest BCUT2D eigenvalue weighted by Crippen LogP contribution is 2.23. The number of rotatable bonds is 10. The van der Waals surface area contributed by atoms with Gasteiger partial charge in [-0.25, -0.2) is 8.42 Å². The number of anilines is 1. The summed E-state index contributed by atoms with van der Waals surface area (Å²) in [5, 5.41) is 3.08. The number of carbonyl (C=O) groups is 1. The van der Waals surface area contributed by atoms with Crippen molar-refractivity contribution in [3.05, 3.63) is 59.2 Å². The number of carbonyl (C=O) groups excluding carboxylic acids is 1. The largest absolute Gasteiger partial charge is 0.326 e. The minimum absolute atomic E-state index is 0.0274. The Morgan fingerprint density at radius 2 is 1.45 bits per heavy atom. The fourth-order valence-corrected chi connectivity index (χ4v) is 4.86. The first-order valence-corrected chi connectivity index (χ1v) is 11.8. The van der Waals surface area contributed by atoms with Gasteiger partial charge in [0.25, 0.3) is 0 Å². The molecular weight excluding hydrogens is 384 g/mol. The van der Waals surface area contributed by atoms with E-state index >= 15 is 0 Å². The lowest BCUT2D eigenvalue weighted by molar-refractivity contribution is -0.116. The predicted molar refractivity (Wildman–Crippen MR) is 119 cm³/mol. The number of benzene rings is 2. The minimum atomic E-state index is -3.45. The second kappa shape index (κ2) is 10.6. The summed E-state index contributed by atoms with van der Waals surface area (Å²) in [5.74, 6) is -0.0274. The van der Waals surface area contributed by atoms with Crippen LogP contribution in [-0.4, -0.2) is 31.7 Å². The van der Waals surface area contributed by atoms with Gasteiger partial charge in [0.1, 0.15) is 0 Å². The third kappa shape index (κ3) is 5.67. The highest BCUT2D eigenvalue weighted by molar-refractivity contribution is 7.89. The van der Waals surface area contributed by atoms with Crippen LogP contribution >= 0.6 is 0 Å². The number of amides is 1. The molecule has 2 rings (SSSR count). The molecule has 158 valence electrons. The smallest absolute Gasteiger partial charge is 0.243 e. The van der Waals surface area contributed by atoms with Crippen LogP contribution in [0.2, 0.25) is 0 Å². The summed E-state index contributed by atoms with van der Waals surface area (Å²) in [6.45, 7) is 8.71. The van der Waals surface area contributed by atoms with Crippen molar-refractivity contribution in [3.8, 4) is 0 Å². The van der Waals surface area contributed by atoms with E-state index in [0.717, 1.165) is 35.2 Å². The Hall–Kier alpha value is -2.18. The van der Waals surface area contributed by atoms with Gasteiger partial charge in [-0.2, -0.15) is 4.31 Å². The zero-order chi connectivity index (χ0) is 21.4. The van der Waals surface area contributed by atoms with Gasteiger partial charge < -0.3 is 5.32 Å². The number of hydrogen-bond acceptors (Lipinski definition) is 3. The van der Waals surface area contributed by atoms with E-state index in [4.69, 9.17) is 0 Å². The number of nitrogens with one attached hydrogen (secondary N) is 1. The first-order valence-electron chi connectivity index (χ1n) is 10.4. The molecule has 0 fully saturated rings. The van der Waals surface area contributed by atoms with E-state index in [9.17, 15) is 13.2 Å². The van der Waals surface area contributed by atoms with Crippen LogP contribution in [0.4, 0.5) is 5.69 Å². The summed E-state index contributed by atoms with van der Waals surface area (Å²) in [6.07, 6.45) is 2.65. The molecule has 1 amide bonds. The molecule has 0 saturated carbocycles. The van der Waals surface area contributed by atoms with Crippen LogP contribution in [0.3, 0.4) is 0 Å².